The van der Waals surface area contributed by atoms with E-state index in [0.29, 0.717) is 17.1 Å². The zero-order valence-corrected chi connectivity index (χ0v) is 16.1. The number of carbonyl (C=O) groups is 1. The summed E-state index contributed by atoms with van der Waals surface area (Å²) in [5, 5.41) is 5.43. The first kappa shape index (κ1) is 20.0. The van der Waals surface area contributed by atoms with Crippen molar-refractivity contribution in [2.75, 3.05) is 17.1 Å². The lowest BCUT2D eigenvalue weighted by Gasteiger charge is -2.12. The minimum absolute atomic E-state index is 0.0218. The summed E-state index contributed by atoms with van der Waals surface area (Å²) in [4.78, 5) is 22.9. The van der Waals surface area contributed by atoms with Gasteiger partial charge in [0.15, 0.2) is 0 Å². The Morgan fingerprint density at radius 3 is 2.38 bits per heavy atom. The average molecular weight is 411 g/mol. The summed E-state index contributed by atoms with van der Waals surface area (Å²) in [5.74, 6) is -0.0507. The second-order valence-corrected chi connectivity index (χ2v) is 7.61. The van der Waals surface area contributed by atoms with Gasteiger partial charge in [-0.25, -0.2) is 8.42 Å². The molecule has 0 saturated heterocycles. The van der Waals surface area contributed by atoms with Crippen LogP contribution in [-0.2, 0) is 10.0 Å². The second-order valence-electron chi connectivity index (χ2n) is 5.93. The van der Waals surface area contributed by atoms with E-state index in [1.807, 2.05) is 0 Å². The molecule has 3 aromatic rings. The lowest BCUT2D eigenvalue weighted by molar-refractivity contribution is 0.102. The number of anilines is 2. The van der Waals surface area contributed by atoms with E-state index in [1.165, 1.54) is 43.5 Å². The largest absolute Gasteiger partial charge is 0.495 e. The molecule has 0 aromatic heterocycles. The number of benzene rings is 3. The van der Waals surface area contributed by atoms with Crippen molar-refractivity contribution in [2.45, 2.75) is 4.90 Å². The van der Waals surface area contributed by atoms with Gasteiger partial charge in [-0.2, -0.15) is 0 Å². The fraction of sp³-hybridized carbons (Fsp3) is 0.0500. The Hall–Kier alpha value is -3.72. The van der Waals surface area contributed by atoms with Crippen molar-refractivity contribution in [3.8, 4) is 5.75 Å². The molecule has 8 nitrogen and oxygen atoms in total. The van der Waals surface area contributed by atoms with Crippen molar-refractivity contribution < 1.29 is 17.9 Å². The van der Waals surface area contributed by atoms with E-state index in [4.69, 9.17) is 4.74 Å². The number of methoxy groups -OCH3 is 1. The number of sulfonamides is 1. The molecule has 0 unspecified atom stereocenters. The lowest BCUT2D eigenvalue weighted by atomic mass is 10.2. The Labute approximate surface area is 167 Å². The quantitative estimate of drug-likeness (QED) is 0.567. The number of ether oxygens (including phenoxy) is 1. The minimum atomic E-state index is -3.84. The second kappa shape index (κ2) is 8.53. The van der Waals surface area contributed by atoms with E-state index in [-0.39, 0.29) is 16.1 Å². The molecule has 0 heterocycles. The standard InChI is InChI=1S/C20H17N3O5S/c1-28-19-8-3-2-7-18(19)23-29(26,27)17-11-9-15(10-12-17)21-20(24)14-5-4-6-16(13-14)22-25/h2-13,23H,1H3,(H,21,24). The molecule has 0 aliphatic rings. The molecule has 29 heavy (non-hydrogen) atoms. The van der Waals surface area contributed by atoms with Gasteiger partial charge in [0.25, 0.3) is 15.9 Å². The number of amides is 1. The first-order valence-electron chi connectivity index (χ1n) is 8.43. The molecule has 0 saturated carbocycles. The van der Waals surface area contributed by atoms with Crippen LogP contribution in [0.3, 0.4) is 0 Å². The van der Waals surface area contributed by atoms with Gasteiger partial charge in [-0.3, -0.25) is 9.52 Å². The molecule has 0 spiro atoms. The third kappa shape index (κ3) is 4.77. The summed E-state index contributed by atoms with van der Waals surface area (Å²) in [7, 11) is -2.39. The summed E-state index contributed by atoms with van der Waals surface area (Å²) in [6, 6.07) is 18.3. The van der Waals surface area contributed by atoms with Crippen LogP contribution in [0.4, 0.5) is 17.1 Å². The predicted molar refractivity (Wildman–Crippen MR) is 110 cm³/mol. The van der Waals surface area contributed by atoms with Gasteiger partial charge < -0.3 is 10.1 Å². The minimum Gasteiger partial charge on any atom is -0.495 e. The molecule has 148 valence electrons. The number of para-hydroxylation sites is 2. The van der Waals surface area contributed by atoms with Crippen LogP contribution < -0.4 is 14.8 Å². The van der Waals surface area contributed by atoms with Crippen LogP contribution in [0.5, 0.6) is 5.75 Å². The Balaban J connectivity index is 1.75. The fourth-order valence-corrected chi connectivity index (χ4v) is 3.63. The molecule has 0 aliphatic carbocycles. The van der Waals surface area contributed by atoms with Crippen LogP contribution >= 0.6 is 0 Å². The lowest BCUT2D eigenvalue weighted by Crippen LogP contribution is -2.14. The highest BCUT2D eigenvalue weighted by Crippen LogP contribution is 2.26. The third-order valence-electron chi connectivity index (χ3n) is 3.99. The van der Waals surface area contributed by atoms with Crippen molar-refractivity contribution >= 4 is 33.0 Å². The van der Waals surface area contributed by atoms with Gasteiger partial charge in [0.1, 0.15) is 11.4 Å². The van der Waals surface area contributed by atoms with Crippen LogP contribution in [0.1, 0.15) is 10.4 Å². The highest BCUT2D eigenvalue weighted by molar-refractivity contribution is 7.92. The van der Waals surface area contributed by atoms with Crippen LogP contribution in [0.2, 0.25) is 0 Å². The van der Waals surface area contributed by atoms with Gasteiger partial charge in [0.05, 0.1) is 17.7 Å². The molecule has 0 fully saturated rings. The van der Waals surface area contributed by atoms with Crippen molar-refractivity contribution in [1.29, 1.82) is 0 Å². The van der Waals surface area contributed by atoms with Gasteiger partial charge >= 0.3 is 0 Å². The molecule has 0 radical (unpaired) electrons. The highest BCUT2D eigenvalue weighted by atomic mass is 32.2. The molecule has 2 N–H and O–H groups in total. The maximum atomic E-state index is 12.6. The molecule has 0 aliphatic heterocycles. The highest BCUT2D eigenvalue weighted by Gasteiger charge is 2.16. The number of hydrogen-bond acceptors (Lipinski definition) is 6. The van der Waals surface area contributed by atoms with Crippen LogP contribution in [0.25, 0.3) is 0 Å². The normalized spacial score (nSPS) is 10.8. The number of hydrogen-bond donors (Lipinski definition) is 2. The molecule has 0 atom stereocenters. The van der Waals surface area contributed by atoms with Crippen LogP contribution in [0.15, 0.2) is 82.9 Å². The van der Waals surface area contributed by atoms with E-state index in [2.05, 4.69) is 15.2 Å². The van der Waals surface area contributed by atoms with Crippen LogP contribution in [0, 0.1) is 4.91 Å². The molecule has 3 rings (SSSR count). The molecule has 3 aromatic carbocycles. The summed E-state index contributed by atoms with van der Waals surface area (Å²) >= 11 is 0. The third-order valence-corrected chi connectivity index (χ3v) is 5.37. The number of nitroso groups, excluding NO2 is 1. The zero-order valence-electron chi connectivity index (χ0n) is 15.3. The smallest absolute Gasteiger partial charge is 0.262 e. The van der Waals surface area contributed by atoms with Crippen molar-refractivity contribution in [3.05, 3.63) is 83.3 Å². The van der Waals surface area contributed by atoms with Gasteiger partial charge in [0.2, 0.25) is 0 Å². The van der Waals surface area contributed by atoms with Crippen molar-refractivity contribution in [3.63, 3.8) is 0 Å². The average Bonchev–Trinajstić information content (AvgIpc) is 2.74. The Kier molecular flexibility index (Phi) is 5.89. The topological polar surface area (TPSA) is 114 Å². The maximum Gasteiger partial charge on any atom is 0.262 e. The van der Waals surface area contributed by atoms with E-state index in [0.717, 1.165) is 0 Å². The first-order chi connectivity index (χ1) is 13.9. The van der Waals surface area contributed by atoms with E-state index >= 15 is 0 Å². The summed E-state index contributed by atoms with van der Waals surface area (Å²) in [6.45, 7) is 0. The summed E-state index contributed by atoms with van der Waals surface area (Å²) < 4.78 is 32.8. The number of carbonyl (C=O) groups excluding carboxylic acids is 1. The van der Waals surface area contributed by atoms with Gasteiger partial charge in [-0.1, -0.05) is 18.2 Å². The molecule has 1 amide bonds. The van der Waals surface area contributed by atoms with Crippen molar-refractivity contribution in [2.24, 2.45) is 5.18 Å². The Morgan fingerprint density at radius 2 is 1.69 bits per heavy atom. The van der Waals surface area contributed by atoms with E-state index in [1.54, 1.807) is 36.4 Å². The molecule has 9 heteroatoms. The van der Waals surface area contributed by atoms with E-state index in [9.17, 15) is 18.1 Å². The van der Waals surface area contributed by atoms with E-state index < -0.39 is 15.9 Å². The SMILES string of the molecule is COc1ccccc1NS(=O)(=O)c1ccc(NC(=O)c2cccc(N=O)c2)cc1. The van der Waals surface area contributed by atoms with Gasteiger partial charge in [-0.15, -0.1) is 4.91 Å². The Morgan fingerprint density at radius 1 is 0.966 bits per heavy atom. The first-order valence-corrected chi connectivity index (χ1v) is 9.92. The number of rotatable bonds is 7. The Bertz CT molecular complexity index is 1140. The predicted octanol–water partition coefficient (Wildman–Crippen LogP) is 4.15. The summed E-state index contributed by atoms with van der Waals surface area (Å²) in [6.07, 6.45) is 0. The zero-order chi connectivity index (χ0) is 20.9. The summed E-state index contributed by atoms with van der Waals surface area (Å²) in [5.41, 5.74) is 1.12. The van der Waals surface area contributed by atoms with Crippen LogP contribution in [-0.4, -0.2) is 21.4 Å². The van der Waals surface area contributed by atoms with Gasteiger partial charge in [-0.05, 0) is 59.8 Å². The number of nitrogens with zero attached hydrogens (tertiary/aromatic N) is 1. The molecular weight excluding hydrogens is 394 g/mol. The fourth-order valence-electron chi connectivity index (χ4n) is 2.56. The monoisotopic (exact) mass is 411 g/mol. The van der Waals surface area contributed by atoms with Crippen molar-refractivity contribution in [1.82, 2.24) is 0 Å². The van der Waals surface area contributed by atoms with Gasteiger partial charge in [0, 0.05) is 11.3 Å². The molecule has 0 bridgehead atoms. The maximum absolute atomic E-state index is 12.6. The molecular formula is C20H17N3O5S. The number of nitrogens with one attached hydrogen (secondary N) is 2.